The van der Waals surface area contributed by atoms with Crippen LogP contribution in [0, 0.1) is 0 Å². The van der Waals surface area contributed by atoms with E-state index in [0.29, 0.717) is 144 Å². The number of benzene rings is 2. The van der Waals surface area contributed by atoms with E-state index >= 15 is 0 Å². The van der Waals surface area contributed by atoms with Crippen LogP contribution in [-0.4, -0.2) is 158 Å². The molecule has 2 rings (SSSR count). The van der Waals surface area contributed by atoms with Crippen LogP contribution in [0.1, 0.15) is 15.9 Å². The van der Waals surface area contributed by atoms with Gasteiger partial charge in [-0.15, -0.1) is 6.58 Å². The average Bonchev–Trinajstić information content (AvgIpc) is 3.19. The lowest BCUT2D eigenvalue weighted by Crippen LogP contribution is -2.16. The fourth-order valence-electron chi connectivity index (χ4n) is 4.34. The van der Waals surface area contributed by atoms with Crippen molar-refractivity contribution in [3.8, 4) is 0 Å². The second kappa shape index (κ2) is 33.9. The Morgan fingerprint density at radius 2 is 0.893 bits per heavy atom. The molecular formula is C39H58F3NO13. The predicted molar refractivity (Wildman–Crippen MR) is 201 cm³/mol. The molecule has 0 fully saturated rings. The van der Waals surface area contributed by atoms with Gasteiger partial charge in [0.15, 0.2) is 0 Å². The zero-order valence-electron chi connectivity index (χ0n) is 32.1. The number of halogens is 3. The SMILES string of the molecule is C=CCOCCOCCOCCOCCOCCOCCOCCOCCOCCOCCOCCOC(=O)c1ccccc1Nc1cccc(C(F)(F)F)c1. The first kappa shape index (κ1) is 48.9. The number of carbonyl (C=O) groups is 1. The van der Waals surface area contributed by atoms with Crippen molar-refractivity contribution in [2.24, 2.45) is 0 Å². The second-order valence-corrected chi connectivity index (χ2v) is 11.4. The number of anilines is 2. The Morgan fingerprint density at radius 1 is 0.518 bits per heavy atom. The molecule has 0 radical (unpaired) electrons. The second-order valence-electron chi connectivity index (χ2n) is 11.4. The number of esters is 1. The largest absolute Gasteiger partial charge is 0.460 e. The quantitative estimate of drug-likeness (QED) is 0.0555. The van der Waals surface area contributed by atoms with Crippen molar-refractivity contribution < 1.29 is 74.8 Å². The van der Waals surface area contributed by atoms with Crippen molar-refractivity contribution in [2.75, 3.05) is 157 Å². The summed E-state index contributed by atoms with van der Waals surface area (Å²) < 4.78 is 104. The van der Waals surface area contributed by atoms with E-state index in [9.17, 15) is 18.0 Å². The minimum atomic E-state index is -4.48. The maximum absolute atomic E-state index is 13.1. The third-order valence-electron chi connectivity index (χ3n) is 7.03. The smallest absolute Gasteiger partial charge is 0.416 e. The minimum Gasteiger partial charge on any atom is -0.460 e. The molecule has 14 nitrogen and oxygen atoms in total. The molecule has 0 bridgehead atoms. The first-order chi connectivity index (χ1) is 27.4. The molecule has 17 heteroatoms. The zero-order chi connectivity index (χ0) is 40.2. The van der Waals surface area contributed by atoms with Crippen molar-refractivity contribution in [2.45, 2.75) is 6.18 Å². The van der Waals surface area contributed by atoms with Gasteiger partial charge in [-0.1, -0.05) is 24.3 Å². The molecule has 0 aliphatic rings. The highest BCUT2D eigenvalue weighted by atomic mass is 19.4. The zero-order valence-corrected chi connectivity index (χ0v) is 32.1. The third kappa shape index (κ3) is 26.6. The van der Waals surface area contributed by atoms with Crippen LogP contribution in [0.15, 0.2) is 61.2 Å². The van der Waals surface area contributed by atoms with E-state index in [1.165, 1.54) is 18.2 Å². The number of ether oxygens (including phenoxy) is 12. The highest BCUT2D eigenvalue weighted by Gasteiger charge is 2.30. The Morgan fingerprint density at radius 3 is 1.29 bits per heavy atom. The van der Waals surface area contributed by atoms with Gasteiger partial charge in [0.1, 0.15) is 6.61 Å². The van der Waals surface area contributed by atoms with E-state index < -0.39 is 17.7 Å². The average molecular weight is 806 g/mol. The Labute approximate surface area is 327 Å². The van der Waals surface area contributed by atoms with Crippen LogP contribution < -0.4 is 5.32 Å². The highest BCUT2D eigenvalue weighted by molar-refractivity contribution is 5.96. The Kier molecular flexibility index (Phi) is 29.6. The molecule has 0 spiro atoms. The highest BCUT2D eigenvalue weighted by Crippen LogP contribution is 2.32. The van der Waals surface area contributed by atoms with Crippen LogP contribution in [0.3, 0.4) is 0 Å². The van der Waals surface area contributed by atoms with Crippen molar-refractivity contribution in [3.63, 3.8) is 0 Å². The normalized spacial score (nSPS) is 11.6. The van der Waals surface area contributed by atoms with Crippen LogP contribution in [0.5, 0.6) is 0 Å². The molecule has 56 heavy (non-hydrogen) atoms. The first-order valence-corrected chi connectivity index (χ1v) is 18.6. The van der Waals surface area contributed by atoms with Gasteiger partial charge in [-0.2, -0.15) is 13.2 Å². The Balaban J connectivity index is 1.27. The van der Waals surface area contributed by atoms with Gasteiger partial charge in [0.2, 0.25) is 0 Å². The maximum atomic E-state index is 13.1. The molecule has 0 aromatic heterocycles. The van der Waals surface area contributed by atoms with Crippen LogP contribution in [-0.2, 0) is 63.0 Å². The molecule has 318 valence electrons. The molecule has 2 aromatic rings. The molecular weight excluding hydrogens is 747 g/mol. The Hall–Kier alpha value is -3.20. The summed E-state index contributed by atoms with van der Waals surface area (Å²) in [5, 5.41) is 2.86. The van der Waals surface area contributed by atoms with E-state index in [2.05, 4.69) is 11.9 Å². The summed E-state index contributed by atoms with van der Waals surface area (Å²) in [5.74, 6) is -0.630. The van der Waals surface area contributed by atoms with Gasteiger partial charge in [-0.05, 0) is 30.3 Å². The Bertz CT molecular complexity index is 1260. The van der Waals surface area contributed by atoms with Gasteiger partial charge in [0, 0.05) is 5.69 Å². The molecule has 0 saturated carbocycles. The predicted octanol–water partition coefficient (Wildman–Crippen LogP) is 4.97. The summed E-state index contributed by atoms with van der Waals surface area (Å²) in [5.41, 5.74) is -0.0961. The molecule has 0 unspecified atom stereocenters. The summed E-state index contributed by atoms with van der Waals surface area (Å²) in [6, 6.07) is 11.1. The number of carbonyl (C=O) groups excluding carboxylic acids is 1. The van der Waals surface area contributed by atoms with E-state index in [1.807, 2.05) is 0 Å². The molecule has 1 N–H and O–H groups in total. The standard InChI is InChI=1S/C39H58F3NO13/c1-2-10-45-11-12-46-13-14-47-15-16-48-17-18-49-19-20-50-21-22-51-23-24-52-25-26-53-27-28-54-29-30-55-31-32-56-38(44)36-8-3-4-9-37(36)43-35-7-5-6-34(33-35)39(40,41)42/h2-9,33,43H,1,10-32H2. The molecule has 0 aliphatic carbocycles. The van der Waals surface area contributed by atoms with E-state index in [-0.39, 0.29) is 24.5 Å². The van der Waals surface area contributed by atoms with Crippen molar-refractivity contribution in [1.82, 2.24) is 0 Å². The third-order valence-corrected chi connectivity index (χ3v) is 7.03. The summed E-state index contributed by atoms with van der Waals surface area (Å²) in [7, 11) is 0. The van der Waals surface area contributed by atoms with Gasteiger partial charge < -0.3 is 62.2 Å². The van der Waals surface area contributed by atoms with Crippen molar-refractivity contribution >= 4 is 17.3 Å². The fourth-order valence-corrected chi connectivity index (χ4v) is 4.34. The summed E-state index contributed by atoms with van der Waals surface area (Å²) in [6.07, 6.45) is -2.78. The van der Waals surface area contributed by atoms with E-state index in [1.54, 1.807) is 24.3 Å². The number of hydrogen-bond donors (Lipinski definition) is 1. The maximum Gasteiger partial charge on any atom is 0.416 e. The van der Waals surface area contributed by atoms with Gasteiger partial charge in [0.25, 0.3) is 0 Å². The minimum absolute atomic E-state index is 0.00382. The van der Waals surface area contributed by atoms with Gasteiger partial charge >= 0.3 is 12.1 Å². The van der Waals surface area contributed by atoms with Crippen LogP contribution in [0.2, 0.25) is 0 Å². The number of para-hydroxylation sites is 1. The number of rotatable bonds is 38. The van der Waals surface area contributed by atoms with Gasteiger partial charge in [-0.25, -0.2) is 4.79 Å². The van der Waals surface area contributed by atoms with Gasteiger partial charge in [0.05, 0.1) is 162 Å². The molecule has 2 aromatic carbocycles. The molecule has 0 saturated heterocycles. The summed E-state index contributed by atoms with van der Waals surface area (Å²) >= 11 is 0. The number of hydrogen-bond acceptors (Lipinski definition) is 14. The molecule has 0 aliphatic heterocycles. The summed E-state index contributed by atoms with van der Waals surface area (Å²) in [4.78, 5) is 12.6. The van der Waals surface area contributed by atoms with Crippen LogP contribution >= 0.6 is 0 Å². The lowest BCUT2D eigenvalue weighted by Gasteiger charge is -2.13. The van der Waals surface area contributed by atoms with Gasteiger partial charge in [-0.3, -0.25) is 0 Å². The van der Waals surface area contributed by atoms with E-state index in [4.69, 9.17) is 56.8 Å². The lowest BCUT2D eigenvalue weighted by atomic mass is 10.1. The van der Waals surface area contributed by atoms with Crippen LogP contribution in [0.25, 0.3) is 0 Å². The van der Waals surface area contributed by atoms with Crippen molar-refractivity contribution in [3.05, 3.63) is 72.3 Å². The van der Waals surface area contributed by atoms with Crippen molar-refractivity contribution in [1.29, 1.82) is 0 Å². The fraction of sp³-hybridized carbons (Fsp3) is 0.615. The lowest BCUT2D eigenvalue weighted by molar-refractivity contribution is -0.137. The van der Waals surface area contributed by atoms with E-state index in [0.717, 1.165) is 12.1 Å². The first-order valence-electron chi connectivity index (χ1n) is 18.6. The molecule has 0 amide bonds. The monoisotopic (exact) mass is 805 g/mol. The topological polar surface area (TPSA) is 140 Å². The number of alkyl halides is 3. The molecule has 0 atom stereocenters. The molecule has 0 heterocycles. The van der Waals surface area contributed by atoms with Crippen LogP contribution in [0.4, 0.5) is 24.5 Å². The summed E-state index contributed by atoms with van der Waals surface area (Å²) in [6.45, 7) is 13.4. The number of nitrogens with one attached hydrogen (secondary N) is 1.